The number of nitrogens with one attached hydrogen (secondary N) is 1. The number of imidazole rings is 1. The first-order valence-electron chi connectivity index (χ1n) is 7.46. The Bertz CT molecular complexity index is 692. The molecular formula is C15H19N5O2. The summed E-state index contributed by atoms with van der Waals surface area (Å²) >= 11 is 0. The van der Waals surface area contributed by atoms with Gasteiger partial charge in [0.1, 0.15) is 11.5 Å². The maximum absolute atomic E-state index is 12.3. The van der Waals surface area contributed by atoms with Gasteiger partial charge in [-0.05, 0) is 31.7 Å². The second-order valence-electron chi connectivity index (χ2n) is 5.67. The predicted molar refractivity (Wildman–Crippen MR) is 80.4 cm³/mol. The molecule has 0 aromatic carbocycles. The van der Waals surface area contributed by atoms with Crippen molar-refractivity contribution >= 4 is 5.91 Å². The number of nitrogens with zero attached hydrogens (tertiary/aromatic N) is 4. The smallest absolute Gasteiger partial charge is 0.274 e. The Hall–Kier alpha value is -2.44. The number of aromatic amines is 1. The lowest BCUT2D eigenvalue weighted by Gasteiger charge is -2.32. The molecule has 0 atom stereocenters. The summed E-state index contributed by atoms with van der Waals surface area (Å²) in [5.74, 6) is 1.46. The third kappa shape index (κ3) is 3.08. The first-order chi connectivity index (χ1) is 10.6. The lowest BCUT2D eigenvalue weighted by Crippen LogP contribution is -2.40. The molecule has 2 aromatic heterocycles. The second kappa shape index (κ2) is 6.13. The van der Waals surface area contributed by atoms with Crippen molar-refractivity contribution in [1.29, 1.82) is 0 Å². The van der Waals surface area contributed by atoms with Crippen LogP contribution in [0.25, 0.3) is 0 Å². The number of likely N-dealkylation sites (tertiary alicyclic amines) is 1. The monoisotopic (exact) mass is 301 g/mol. The summed E-state index contributed by atoms with van der Waals surface area (Å²) in [6.45, 7) is 4.39. The molecule has 22 heavy (non-hydrogen) atoms. The van der Waals surface area contributed by atoms with E-state index < -0.39 is 0 Å². The van der Waals surface area contributed by atoms with Crippen LogP contribution in [0.2, 0.25) is 0 Å². The van der Waals surface area contributed by atoms with E-state index in [9.17, 15) is 9.59 Å². The van der Waals surface area contributed by atoms with Crippen molar-refractivity contribution in [2.75, 3.05) is 13.1 Å². The molecule has 1 saturated heterocycles. The van der Waals surface area contributed by atoms with Crippen LogP contribution in [0.5, 0.6) is 0 Å². The molecule has 7 nitrogen and oxygen atoms in total. The lowest BCUT2D eigenvalue weighted by atomic mass is 9.96. The van der Waals surface area contributed by atoms with Gasteiger partial charge in [-0.25, -0.2) is 10.1 Å². The molecule has 0 bridgehead atoms. The lowest BCUT2D eigenvalue weighted by molar-refractivity contribution is 0.0675. The normalized spacial score (nSPS) is 16.0. The van der Waals surface area contributed by atoms with Gasteiger partial charge in [-0.2, -0.15) is 5.10 Å². The van der Waals surface area contributed by atoms with Crippen LogP contribution in [0.1, 0.15) is 29.2 Å². The molecule has 3 heterocycles. The molecule has 1 amide bonds. The molecular weight excluding hydrogens is 282 g/mol. The fraction of sp³-hybridized carbons (Fsp3) is 0.467. The van der Waals surface area contributed by atoms with E-state index in [1.54, 1.807) is 4.90 Å². The topological polar surface area (TPSA) is 83.9 Å². The highest BCUT2D eigenvalue weighted by Gasteiger charge is 2.24. The Morgan fingerprint density at radius 2 is 2.14 bits per heavy atom. The summed E-state index contributed by atoms with van der Waals surface area (Å²) in [5, 5.41) is 6.10. The third-order valence-electron chi connectivity index (χ3n) is 4.18. The van der Waals surface area contributed by atoms with E-state index in [0.29, 0.717) is 11.6 Å². The number of hydrogen-bond donors (Lipinski definition) is 1. The fourth-order valence-corrected chi connectivity index (χ4v) is 2.82. The molecule has 0 radical (unpaired) electrons. The van der Waals surface area contributed by atoms with Gasteiger partial charge >= 0.3 is 0 Å². The summed E-state index contributed by atoms with van der Waals surface area (Å²) in [6.07, 6.45) is 5.74. The quantitative estimate of drug-likeness (QED) is 0.910. The molecule has 0 unspecified atom stereocenters. The zero-order valence-corrected chi connectivity index (χ0v) is 12.5. The third-order valence-corrected chi connectivity index (χ3v) is 4.18. The van der Waals surface area contributed by atoms with Crippen LogP contribution in [0.15, 0.2) is 29.3 Å². The Kier molecular flexibility index (Phi) is 4.04. The van der Waals surface area contributed by atoms with Crippen LogP contribution in [0.3, 0.4) is 0 Å². The molecule has 0 spiro atoms. The zero-order valence-electron chi connectivity index (χ0n) is 12.5. The van der Waals surface area contributed by atoms with E-state index >= 15 is 0 Å². The highest BCUT2D eigenvalue weighted by molar-refractivity contribution is 5.92. The van der Waals surface area contributed by atoms with E-state index in [1.165, 1.54) is 12.1 Å². The van der Waals surface area contributed by atoms with Gasteiger partial charge in [0.2, 0.25) is 0 Å². The minimum atomic E-state index is -0.300. The van der Waals surface area contributed by atoms with Crippen LogP contribution >= 0.6 is 0 Å². The molecule has 1 fully saturated rings. The van der Waals surface area contributed by atoms with Gasteiger partial charge in [-0.1, -0.05) is 0 Å². The zero-order chi connectivity index (χ0) is 15.5. The molecule has 1 aliphatic heterocycles. The molecule has 2 aromatic rings. The van der Waals surface area contributed by atoms with Crippen molar-refractivity contribution in [3.8, 4) is 0 Å². The molecule has 1 N–H and O–H groups in total. The fourth-order valence-electron chi connectivity index (χ4n) is 2.82. The highest BCUT2D eigenvalue weighted by Crippen LogP contribution is 2.20. The van der Waals surface area contributed by atoms with Gasteiger partial charge in [0.25, 0.3) is 11.5 Å². The van der Waals surface area contributed by atoms with Crippen molar-refractivity contribution in [1.82, 2.24) is 24.6 Å². The summed E-state index contributed by atoms with van der Waals surface area (Å²) in [5.41, 5.74) is -0.00513. The Balaban J connectivity index is 1.57. The van der Waals surface area contributed by atoms with Gasteiger partial charge in [-0.15, -0.1) is 0 Å². The van der Waals surface area contributed by atoms with Crippen molar-refractivity contribution in [3.05, 3.63) is 46.4 Å². The van der Waals surface area contributed by atoms with Crippen LogP contribution in [0.4, 0.5) is 0 Å². The molecule has 3 rings (SSSR count). The second-order valence-corrected chi connectivity index (χ2v) is 5.67. The molecule has 0 saturated carbocycles. The van der Waals surface area contributed by atoms with Crippen molar-refractivity contribution in [3.63, 3.8) is 0 Å². The number of carbonyl (C=O) groups excluding carboxylic acids is 1. The van der Waals surface area contributed by atoms with Gasteiger partial charge in [-0.3, -0.25) is 9.59 Å². The number of aryl methyl sites for hydroxylation is 1. The molecule has 1 aliphatic rings. The first kappa shape index (κ1) is 14.5. The van der Waals surface area contributed by atoms with Crippen molar-refractivity contribution in [2.24, 2.45) is 5.92 Å². The largest absolute Gasteiger partial charge is 0.337 e. The van der Waals surface area contributed by atoms with E-state index in [1.807, 2.05) is 19.3 Å². The minimum Gasteiger partial charge on any atom is -0.337 e. The summed E-state index contributed by atoms with van der Waals surface area (Å²) in [6, 6.07) is 2.80. The maximum atomic E-state index is 12.3. The summed E-state index contributed by atoms with van der Waals surface area (Å²) in [4.78, 5) is 29.3. The molecule has 0 aliphatic carbocycles. The Labute approximate surface area is 128 Å². The average Bonchev–Trinajstić information content (AvgIpc) is 2.93. The minimum absolute atomic E-state index is 0.117. The highest BCUT2D eigenvalue weighted by atomic mass is 16.2. The van der Waals surface area contributed by atoms with Crippen LogP contribution in [-0.2, 0) is 6.54 Å². The van der Waals surface area contributed by atoms with Gasteiger partial charge in [0, 0.05) is 38.1 Å². The summed E-state index contributed by atoms with van der Waals surface area (Å²) < 4.78 is 2.16. The number of hydrogen-bond acceptors (Lipinski definition) is 4. The number of aromatic nitrogens is 4. The summed E-state index contributed by atoms with van der Waals surface area (Å²) in [7, 11) is 0. The number of piperidine rings is 1. The van der Waals surface area contributed by atoms with E-state index in [-0.39, 0.29) is 11.5 Å². The number of H-pyrrole nitrogens is 1. The van der Waals surface area contributed by atoms with Crippen LogP contribution in [-0.4, -0.2) is 43.6 Å². The average molecular weight is 301 g/mol. The van der Waals surface area contributed by atoms with Crippen molar-refractivity contribution in [2.45, 2.75) is 26.3 Å². The van der Waals surface area contributed by atoms with Gasteiger partial charge in [0.05, 0.1) is 0 Å². The van der Waals surface area contributed by atoms with Crippen LogP contribution in [0, 0.1) is 12.8 Å². The van der Waals surface area contributed by atoms with E-state index in [4.69, 9.17) is 0 Å². The standard InChI is InChI=1S/C15H19N5O2/c1-11-16-6-9-20(11)10-12-4-7-19(8-5-12)15(22)13-2-3-14(21)18-17-13/h2-3,6,9,12H,4-5,7-8,10H2,1H3,(H,18,21). The van der Waals surface area contributed by atoms with Crippen molar-refractivity contribution < 1.29 is 4.79 Å². The van der Waals surface area contributed by atoms with E-state index in [0.717, 1.165) is 38.3 Å². The Morgan fingerprint density at radius 1 is 1.36 bits per heavy atom. The number of amides is 1. The molecule has 7 heteroatoms. The predicted octanol–water partition coefficient (Wildman–Crippen LogP) is 0.827. The van der Waals surface area contributed by atoms with E-state index in [2.05, 4.69) is 19.7 Å². The van der Waals surface area contributed by atoms with Crippen LogP contribution < -0.4 is 5.56 Å². The van der Waals surface area contributed by atoms with Gasteiger partial charge in [0.15, 0.2) is 0 Å². The maximum Gasteiger partial charge on any atom is 0.274 e. The first-order valence-corrected chi connectivity index (χ1v) is 7.46. The Morgan fingerprint density at radius 3 is 2.73 bits per heavy atom. The SMILES string of the molecule is Cc1nccn1CC1CCN(C(=O)c2ccc(=O)[nH]n2)CC1. The van der Waals surface area contributed by atoms with Gasteiger partial charge < -0.3 is 9.47 Å². The number of carbonyl (C=O) groups is 1. The number of rotatable bonds is 3. The molecule has 116 valence electrons.